The van der Waals surface area contributed by atoms with E-state index in [1.807, 2.05) is 0 Å². The highest BCUT2D eigenvalue weighted by atomic mass is 16.5. The number of pyridine rings is 1. The molecule has 21 heavy (non-hydrogen) atoms. The molecule has 8 heteroatoms. The van der Waals surface area contributed by atoms with Crippen molar-refractivity contribution in [3.8, 4) is 17.3 Å². The fraction of sp³-hybridized carbons (Fsp3) is 0.385. The second-order valence-corrected chi connectivity index (χ2v) is 4.83. The van der Waals surface area contributed by atoms with Gasteiger partial charge >= 0.3 is 6.09 Å². The normalized spacial score (nSPS) is 15.5. The minimum atomic E-state index is -1.15. The number of aromatic nitrogens is 3. The average Bonchev–Trinajstić information content (AvgIpc) is 3.11. The van der Waals surface area contributed by atoms with Gasteiger partial charge in [0.25, 0.3) is 0 Å². The quantitative estimate of drug-likeness (QED) is 0.866. The van der Waals surface area contributed by atoms with Crippen molar-refractivity contribution in [1.82, 2.24) is 20.4 Å². The molecule has 0 bridgehead atoms. The van der Waals surface area contributed by atoms with E-state index >= 15 is 0 Å². The highest BCUT2D eigenvalue weighted by Gasteiger charge is 2.24. The molecule has 1 fully saturated rings. The van der Waals surface area contributed by atoms with Crippen molar-refractivity contribution >= 4 is 6.09 Å². The van der Waals surface area contributed by atoms with Gasteiger partial charge in [0.05, 0.1) is 0 Å². The molecule has 8 nitrogen and oxygen atoms in total. The summed E-state index contributed by atoms with van der Waals surface area (Å²) < 4.78 is 10.7. The van der Waals surface area contributed by atoms with Gasteiger partial charge in [-0.2, -0.15) is 4.98 Å². The van der Waals surface area contributed by atoms with Crippen LogP contribution in [0, 0.1) is 0 Å². The smallest absolute Gasteiger partial charge is 0.405 e. The maximum atomic E-state index is 10.6. The largest absolute Gasteiger partial charge is 0.474 e. The summed E-state index contributed by atoms with van der Waals surface area (Å²) >= 11 is 0. The van der Waals surface area contributed by atoms with Gasteiger partial charge in [0.2, 0.25) is 17.6 Å². The van der Waals surface area contributed by atoms with Crippen LogP contribution in [-0.2, 0) is 0 Å². The van der Waals surface area contributed by atoms with E-state index in [2.05, 4.69) is 20.4 Å². The van der Waals surface area contributed by atoms with Gasteiger partial charge < -0.3 is 19.7 Å². The summed E-state index contributed by atoms with van der Waals surface area (Å²) in [5.74, 6) is 1.10. The molecule has 1 atom stereocenters. The molecule has 2 heterocycles. The molecule has 0 saturated heterocycles. The van der Waals surface area contributed by atoms with Gasteiger partial charge in [-0.1, -0.05) is 5.16 Å². The molecule has 0 spiro atoms. The van der Waals surface area contributed by atoms with Crippen LogP contribution in [0.2, 0.25) is 0 Å². The van der Waals surface area contributed by atoms with Crippen LogP contribution in [0.4, 0.5) is 4.79 Å². The molecule has 3 rings (SSSR count). The molecular formula is C13H14N4O4. The number of amides is 1. The van der Waals surface area contributed by atoms with Gasteiger partial charge in [-0.3, -0.25) is 0 Å². The van der Waals surface area contributed by atoms with Gasteiger partial charge in [-0.05, 0) is 25.8 Å². The molecule has 0 aliphatic heterocycles. The van der Waals surface area contributed by atoms with E-state index in [1.54, 1.807) is 25.3 Å². The third kappa shape index (κ3) is 3.28. The van der Waals surface area contributed by atoms with E-state index < -0.39 is 12.1 Å². The molecule has 2 aromatic heterocycles. The molecule has 110 valence electrons. The molecule has 1 saturated carbocycles. The van der Waals surface area contributed by atoms with Crippen molar-refractivity contribution in [2.24, 2.45) is 0 Å². The number of ether oxygens (including phenoxy) is 1. The van der Waals surface area contributed by atoms with Gasteiger partial charge in [0.1, 0.15) is 12.1 Å². The maximum absolute atomic E-state index is 10.6. The third-order valence-electron chi connectivity index (χ3n) is 2.96. The van der Waals surface area contributed by atoms with Crippen LogP contribution in [0.3, 0.4) is 0 Å². The number of hydrogen-bond donors (Lipinski definition) is 2. The fourth-order valence-corrected chi connectivity index (χ4v) is 1.74. The highest BCUT2D eigenvalue weighted by molar-refractivity contribution is 5.65. The summed E-state index contributed by atoms with van der Waals surface area (Å²) in [6.45, 7) is 1.62. The second kappa shape index (κ2) is 5.39. The van der Waals surface area contributed by atoms with Crippen LogP contribution in [0.1, 0.15) is 31.7 Å². The zero-order chi connectivity index (χ0) is 14.8. The minimum absolute atomic E-state index is 0.203. The molecule has 1 amide bonds. The van der Waals surface area contributed by atoms with Gasteiger partial charge in [0, 0.05) is 17.8 Å². The van der Waals surface area contributed by atoms with Crippen LogP contribution < -0.4 is 10.1 Å². The Bertz CT molecular complexity index is 653. The molecular weight excluding hydrogens is 276 g/mol. The lowest BCUT2D eigenvalue weighted by Gasteiger charge is -2.04. The molecule has 0 radical (unpaired) electrons. The first-order valence-electron chi connectivity index (χ1n) is 6.58. The van der Waals surface area contributed by atoms with Crippen LogP contribution in [0.5, 0.6) is 5.88 Å². The average molecular weight is 290 g/mol. The molecule has 2 N–H and O–H groups in total. The first-order chi connectivity index (χ1) is 10.1. The number of rotatable bonds is 5. The zero-order valence-corrected chi connectivity index (χ0v) is 11.3. The van der Waals surface area contributed by atoms with E-state index in [-0.39, 0.29) is 12.0 Å². The van der Waals surface area contributed by atoms with E-state index in [4.69, 9.17) is 14.4 Å². The Morgan fingerprint density at radius 1 is 1.57 bits per heavy atom. The third-order valence-corrected chi connectivity index (χ3v) is 2.96. The van der Waals surface area contributed by atoms with Crippen LogP contribution in [0.25, 0.3) is 11.4 Å². The number of nitrogens with one attached hydrogen (secondary N) is 1. The van der Waals surface area contributed by atoms with E-state index in [0.717, 1.165) is 12.8 Å². The number of nitrogens with zero attached hydrogens (tertiary/aromatic N) is 3. The Labute approximate surface area is 120 Å². The minimum Gasteiger partial charge on any atom is -0.474 e. The highest BCUT2D eigenvalue weighted by Crippen LogP contribution is 2.27. The predicted molar refractivity (Wildman–Crippen MR) is 70.8 cm³/mol. The van der Waals surface area contributed by atoms with Gasteiger partial charge in [0.15, 0.2) is 0 Å². The van der Waals surface area contributed by atoms with Crippen molar-refractivity contribution in [3.05, 3.63) is 24.2 Å². The molecule has 0 aromatic carbocycles. The first kappa shape index (κ1) is 13.3. The SMILES string of the molecule is C[C@H](NC(=O)O)c1nc(-c2ccnc(OC3CC3)c2)no1. The Morgan fingerprint density at radius 3 is 3.10 bits per heavy atom. The Hall–Kier alpha value is -2.64. The predicted octanol–water partition coefficient (Wildman–Crippen LogP) is 2.00. The molecule has 1 aliphatic carbocycles. The molecule has 1 aliphatic rings. The molecule has 0 unspecified atom stereocenters. The Kier molecular flexibility index (Phi) is 3.43. The summed E-state index contributed by atoms with van der Waals surface area (Å²) in [5.41, 5.74) is 0.707. The summed E-state index contributed by atoms with van der Waals surface area (Å²) in [6, 6.07) is 2.90. The lowest BCUT2D eigenvalue weighted by atomic mass is 10.2. The summed E-state index contributed by atoms with van der Waals surface area (Å²) in [5, 5.41) is 14.8. The van der Waals surface area contributed by atoms with Crippen molar-refractivity contribution < 1.29 is 19.2 Å². The zero-order valence-electron chi connectivity index (χ0n) is 11.3. The lowest BCUT2D eigenvalue weighted by molar-refractivity contribution is 0.187. The maximum Gasteiger partial charge on any atom is 0.405 e. The van der Waals surface area contributed by atoms with Crippen molar-refractivity contribution in [2.75, 3.05) is 0 Å². The van der Waals surface area contributed by atoms with Gasteiger partial charge in [-0.25, -0.2) is 9.78 Å². The number of hydrogen-bond acceptors (Lipinski definition) is 6. The topological polar surface area (TPSA) is 110 Å². The summed E-state index contributed by atoms with van der Waals surface area (Å²) in [4.78, 5) is 18.9. The van der Waals surface area contributed by atoms with Crippen molar-refractivity contribution in [3.63, 3.8) is 0 Å². The van der Waals surface area contributed by atoms with E-state index in [1.165, 1.54) is 0 Å². The fourth-order valence-electron chi connectivity index (χ4n) is 1.74. The standard InChI is InChI=1S/C13H14N4O4/c1-7(15-13(18)19)12-16-11(17-21-12)8-4-5-14-10(6-8)20-9-2-3-9/h4-7,9,15H,2-3H2,1H3,(H,18,19)/t7-/m0/s1. The van der Waals surface area contributed by atoms with E-state index in [9.17, 15) is 4.79 Å². The van der Waals surface area contributed by atoms with Crippen LogP contribution in [-0.4, -0.2) is 32.4 Å². The second-order valence-electron chi connectivity index (χ2n) is 4.83. The summed E-state index contributed by atoms with van der Waals surface area (Å²) in [7, 11) is 0. The van der Waals surface area contributed by atoms with Crippen molar-refractivity contribution in [2.45, 2.75) is 31.9 Å². The Balaban J connectivity index is 1.77. The molecule has 2 aromatic rings. The number of carboxylic acid groups (broad SMARTS) is 1. The summed E-state index contributed by atoms with van der Waals surface area (Å²) in [6.07, 6.45) is 2.83. The van der Waals surface area contributed by atoms with Crippen LogP contribution in [0.15, 0.2) is 22.9 Å². The van der Waals surface area contributed by atoms with E-state index in [0.29, 0.717) is 17.3 Å². The van der Waals surface area contributed by atoms with Crippen LogP contribution >= 0.6 is 0 Å². The first-order valence-corrected chi connectivity index (χ1v) is 6.58. The monoisotopic (exact) mass is 290 g/mol. The Morgan fingerprint density at radius 2 is 2.38 bits per heavy atom. The van der Waals surface area contributed by atoms with Crippen molar-refractivity contribution in [1.29, 1.82) is 0 Å². The lowest BCUT2D eigenvalue weighted by Crippen LogP contribution is -2.24. The van der Waals surface area contributed by atoms with Gasteiger partial charge in [-0.15, -0.1) is 0 Å². The number of carbonyl (C=O) groups is 1.